The summed E-state index contributed by atoms with van der Waals surface area (Å²) in [5, 5.41) is 36.1. The van der Waals surface area contributed by atoms with Gasteiger partial charge in [0.25, 0.3) is 0 Å². The summed E-state index contributed by atoms with van der Waals surface area (Å²) < 4.78 is 31.4. The summed E-state index contributed by atoms with van der Waals surface area (Å²) in [4.78, 5) is 17.8. The summed E-state index contributed by atoms with van der Waals surface area (Å²) in [6.07, 6.45) is 3.81. The molecule has 2 aromatic heterocycles. The van der Waals surface area contributed by atoms with Crippen LogP contribution < -0.4 is 10.6 Å². The van der Waals surface area contributed by atoms with Gasteiger partial charge in [-0.05, 0) is 72.9 Å². The molecule has 0 aliphatic carbocycles. The van der Waals surface area contributed by atoms with E-state index in [0.717, 1.165) is 11.1 Å². The Balaban J connectivity index is 1.22. The van der Waals surface area contributed by atoms with Crippen LogP contribution in [0.3, 0.4) is 0 Å². The first-order valence-corrected chi connectivity index (χ1v) is 17.1. The van der Waals surface area contributed by atoms with E-state index in [1.807, 2.05) is 48.7 Å². The molecular weight excluding hydrogens is 709 g/mol. The molecule has 3 unspecified atom stereocenters. The number of nitrogens with one attached hydrogen (secondary N) is 2. The largest absolute Gasteiger partial charge is 0.465 e. The molecule has 3 atom stereocenters. The number of nitriles is 1. The molecule has 10 nitrogen and oxygen atoms in total. The van der Waals surface area contributed by atoms with Crippen LogP contribution >= 0.6 is 23.2 Å². The number of aromatic nitrogens is 4. The molecule has 0 saturated carbocycles. The van der Waals surface area contributed by atoms with Gasteiger partial charge in [0.15, 0.2) is 5.82 Å². The number of benzene rings is 4. The lowest BCUT2D eigenvalue weighted by Gasteiger charge is -2.37. The first kappa shape index (κ1) is 34.7. The lowest BCUT2D eigenvalue weighted by molar-refractivity contribution is 0.0887. The number of carboxylic acid groups (broad SMARTS) is 1. The Morgan fingerprint density at radius 3 is 2.54 bits per heavy atom. The summed E-state index contributed by atoms with van der Waals surface area (Å²) in [5.41, 5.74) is 3.52. The molecular formula is C38H30Cl2F2N8O2. The fourth-order valence-electron chi connectivity index (χ4n) is 6.63. The highest BCUT2D eigenvalue weighted by Crippen LogP contribution is 2.36. The van der Waals surface area contributed by atoms with Crippen molar-refractivity contribution in [2.24, 2.45) is 0 Å². The summed E-state index contributed by atoms with van der Waals surface area (Å²) in [5.74, 6) is -1.24. The van der Waals surface area contributed by atoms with Gasteiger partial charge in [0, 0.05) is 40.6 Å². The van der Waals surface area contributed by atoms with Gasteiger partial charge in [0.2, 0.25) is 0 Å². The standard InChI is InChI=1S/C38H30Cl2F2N8O2/c39-25-8-6-23(7-9-25)36(34-21-50(48-47-34)28-12-13-49(38(51)52)29(18-28)14-22-4-2-1-3-5-22)46-27-15-30-35(45-26-10-11-32(41)31(40)16-26)24(19-43)20-44-37(30)33(42)17-27/h1-11,15-17,20-21,28-29,36,46H,12-14,18H2,(H,44,45)(H,51,52). The van der Waals surface area contributed by atoms with Crippen molar-refractivity contribution in [2.75, 3.05) is 17.2 Å². The van der Waals surface area contributed by atoms with E-state index in [4.69, 9.17) is 23.2 Å². The highest BCUT2D eigenvalue weighted by Gasteiger charge is 2.33. The SMILES string of the molecule is N#Cc1cnc2c(F)cc(NC(c3ccc(Cl)cc3)c3cn(C4CCN(C(=O)O)C(Cc5ccccc5)C4)nn3)cc2c1Nc1ccc(F)c(Cl)c1. The van der Waals surface area contributed by atoms with Crippen molar-refractivity contribution in [3.05, 3.63) is 141 Å². The van der Waals surface area contributed by atoms with E-state index in [0.29, 0.717) is 53.3 Å². The van der Waals surface area contributed by atoms with Crippen molar-refractivity contribution in [3.8, 4) is 6.07 Å². The molecule has 1 amide bonds. The number of likely N-dealkylation sites (tertiary alicyclic amines) is 1. The van der Waals surface area contributed by atoms with E-state index in [-0.39, 0.29) is 33.9 Å². The van der Waals surface area contributed by atoms with Gasteiger partial charge in [-0.3, -0.25) is 4.98 Å². The van der Waals surface area contributed by atoms with Gasteiger partial charge < -0.3 is 20.6 Å². The zero-order valence-electron chi connectivity index (χ0n) is 27.3. The van der Waals surface area contributed by atoms with E-state index >= 15 is 4.39 Å². The third kappa shape index (κ3) is 7.32. The van der Waals surface area contributed by atoms with Crippen LogP contribution in [0, 0.1) is 23.0 Å². The van der Waals surface area contributed by atoms with Crippen LogP contribution in [0.25, 0.3) is 10.9 Å². The van der Waals surface area contributed by atoms with Gasteiger partial charge in [-0.25, -0.2) is 18.3 Å². The Hall–Kier alpha value is -5.77. The zero-order valence-corrected chi connectivity index (χ0v) is 28.9. The van der Waals surface area contributed by atoms with Gasteiger partial charge in [-0.2, -0.15) is 5.26 Å². The fraction of sp³-hybridized carbons (Fsp3) is 0.184. The van der Waals surface area contributed by atoms with Crippen LogP contribution in [0.2, 0.25) is 10.0 Å². The van der Waals surface area contributed by atoms with Gasteiger partial charge in [-0.15, -0.1) is 5.10 Å². The third-order valence-corrected chi connectivity index (χ3v) is 9.74. The fourth-order valence-corrected chi connectivity index (χ4v) is 6.94. The van der Waals surface area contributed by atoms with Crippen LogP contribution in [-0.4, -0.2) is 48.7 Å². The maximum atomic E-state index is 15.8. The lowest BCUT2D eigenvalue weighted by Crippen LogP contribution is -2.47. The molecule has 262 valence electrons. The highest BCUT2D eigenvalue weighted by atomic mass is 35.5. The maximum Gasteiger partial charge on any atom is 0.407 e. The third-order valence-electron chi connectivity index (χ3n) is 9.19. The molecule has 7 rings (SSSR count). The van der Waals surface area contributed by atoms with E-state index < -0.39 is 23.8 Å². The Bertz CT molecular complexity index is 2300. The predicted molar refractivity (Wildman–Crippen MR) is 195 cm³/mol. The van der Waals surface area contributed by atoms with Crippen molar-refractivity contribution >= 4 is 57.3 Å². The second-order valence-electron chi connectivity index (χ2n) is 12.5. The highest BCUT2D eigenvalue weighted by molar-refractivity contribution is 6.31. The number of hydrogen-bond donors (Lipinski definition) is 3. The van der Waals surface area contributed by atoms with Crippen LogP contribution in [0.4, 0.5) is 30.6 Å². The Morgan fingerprint density at radius 1 is 1.02 bits per heavy atom. The zero-order chi connectivity index (χ0) is 36.4. The van der Waals surface area contributed by atoms with Crippen molar-refractivity contribution in [3.63, 3.8) is 0 Å². The first-order valence-electron chi connectivity index (χ1n) is 16.4. The minimum Gasteiger partial charge on any atom is -0.465 e. The second-order valence-corrected chi connectivity index (χ2v) is 13.4. The minimum absolute atomic E-state index is 0.0204. The van der Waals surface area contributed by atoms with Gasteiger partial charge in [0.05, 0.1) is 34.6 Å². The maximum absolute atomic E-state index is 15.8. The number of hydrogen-bond acceptors (Lipinski definition) is 7. The Morgan fingerprint density at radius 2 is 1.81 bits per heavy atom. The summed E-state index contributed by atoms with van der Waals surface area (Å²) in [6, 6.07) is 25.0. The van der Waals surface area contributed by atoms with Crippen LogP contribution in [0.1, 0.15) is 47.3 Å². The number of anilines is 3. The van der Waals surface area contributed by atoms with Crippen molar-refractivity contribution in [1.82, 2.24) is 24.9 Å². The molecule has 6 aromatic rings. The van der Waals surface area contributed by atoms with Crippen LogP contribution in [-0.2, 0) is 6.42 Å². The molecule has 1 saturated heterocycles. The number of rotatable bonds is 9. The van der Waals surface area contributed by atoms with Gasteiger partial charge in [0.1, 0.15) is 23.1 Å². The monoisotopic (exact) mass is 738 g/mol. The van der Waals surface area contributed by atoms with Crippen molar-refractivity contribution in [2.45, 2.75) is 37.4 Å². The molecule has 3 heterocycles. The summed E-state index contributed by atoms with van der Waals surface area (Å²) in [7, 11) is 0. The van der Waals surface area contributed by atoms with Crippen LogP contribution in [0.5, 0.6) is 0 Å². The molecule has 1 fully saturated rings. The summed E-state index contributed by atoms with van der Waals surface area (Å²) >= 11 is 12.2. The molecule has 0 bridgehead atoms. The number of amides is 1. The molecule has 0 radical (unpaired) electrons. The first-order chi connectivity index (χ1) is 25.2. The van der Waals surface area contributed by atoms with E-state index in [1.165, 1.54) is 35.4 Å². The molecule has 3 N–H and O–H groups in total. The normalized spacial score (nSPS) is 16.3. The Labute approximate surface area is 307 Å². The average molecular weight is 740 g/mol. The minimum atomic E-state index is -0.954. The number of halogens is 4. The molecule has 1 aliphatic heterocycles. The van der Waals surface area contributed by atoms with Gasteiger partial charge in [-0.1, -0.05) is 70.9 Å². The average Bonchev–Trinajstić information content (AvgIpc) is 3.63. The quantitative estimate of drug-likeness (QED) is 0.134. The smallest absolute Gasteiger partial charge is 0.407 e. The number of nitrogens with zero attached hydrogens (tertiary/aromatic N) is 6. The number of carbonyl (C=O) groups is 1. The van der Waals surface area contributed by atoms with Crippen molar-refractivity contribution in [1.29, 1.82) is 5.26 Å². The topological polar surface area (TPSA) is 132 Å². The molecule has 4 aromatic carbocycles. The van der Waals surface area contributed by atoms with Gasteiger partial charge >= 0.3 is 6.09 Å². The number of pyridine rings is 1. The molecule has 0 spiro atoms. The predicted octanol–water partition coefficient (Wildman–Crippen LogP) is 9.15. The molecule has 52 heavy (non-hydrogen) atoms. The van der Waals surface area contributed by atoms with E-state index in [9.17, 15) is 19.6 Å². The lowest BCUT2D eigenvalue weighted by atomic mass is 9.92. The summed E-state index contributed by atoms with van der Waals surface area (Å²) in [6.45, 7) is 0.348. The number of fused-ring (bicyclic) bond motifs is 1. The van der Waals surface area contributed by atoms with E-state index in [2.05, 4.69) is 32.0 Å². The van der Waals surface area contributed by atoms with E-state index in [1.54, 1.807) is 22.9 Å². The molecule has 1 aliphatic rings. The van der Waals surface area contributed by atoms with Crippen LogP contribution in [0.15, 0.2) is 97.3 Å². The number of piperidine rings is 1. The molecule has 14 heteroatoms. The second kappa shape index (κ2) is 14.8. The Kier molecular flexibility index (Phi) is 9.89. The van der Waals surface area contributed by atoms with Crippen molar-refractivity contribution < 1.29 is 18.7 Å².